The van der Waals surface area contributed by atoms with Gasteiger partial charge in [-0.05, 0) is 103 Å². The first-order chi connectivity index (χ1) is 28.7. The van der Waals surface area contributed by atoms with Crippen molar-refractivity contribution in [3.63, 3.8) is 0 Å². The molecule has 0 aliphatic heterocycles. The summed E-state index contributed by atoms with van der Waals surface area (Å²) in [6, 6.07) is 0. The Bertz CT molecular complexity index is 1040. The van der Waals surface area contributed by atoms with E-state index in [1.54, 1.807) is 7.05 Å². The average Bonchev–Trinajstić information content (AvgIpc) is 3.22. The summed E-state index contributed by atoms with van der Waals surface area (Å²) < 4.78 is 11.5. The van der Waals surface area contributed by atoms with Crippen LogP contribution in [0.15, 0.2) is 23.7 Å². The summed E-state index contributed by atoms with van der Waals surface area (Å²) in [6.07, 6.45) is 39.1. The van der Waals surface area contributed by atoms with Gasteiger partial charge in [0.15, 0.2) is 5.82 Å². The number of carbonyl (C=O) groups excluding carboxylic acids is 2. The van der Waals surface area contributed by atoms with Gasteiger partial charge in [-0.25, -0.2) is 0 Å². The van der Waals surface area contributed by atoms with Gasteiger partial charge >= 0.3 is 11.9 Å². The van der Waals surface area contributed by atoms with Crippen molar-refractivity contribution in [1.29, 1.82) is 0 Å². The van der Waals surface area contributed by atoms with E-state index in [2.05, 4.69) is 42.4 Å². The van der Waals surface area contributed by atoms with E-state index >= 15 is 0 Å². The molecule has 0 unspecified atom stereocenters. The van der Waals surface area contributed by atoms with E-state index < -0.39 is 4.92 Å². The van der Waals surface area contributed by atoms with Crippen molar-refractivity contribution < 1.29 is 24.0 Å². The van der Waals surface area contributed by atoms with Crippen LogP contribution in [0.25, 0.3) is 0 Å². The molecule has 0 aliphatic rings. The Balaban J connectivity index is 4.56. The summed E-state index contributed by atoms with van der Waals surface area (Å²) in [7, 11) is 1.68. The van der Waals surface area contributed by atoms with Crippen LogP contribution in [0, 0.1) is 10.1 Å². The van der Waals surface area contributed by atoms with Gasteiger partial charge in [0.1, 0.15) is 12.7 Å². The second-order valence-corrected chi connectivity index (χ2v) is 17.0. The number of hydrogen-bond donors (Lipinski definition) is 2. The second-order valence-electron chi connectivity index (χ2n) is 17.0. The molecule has 0 radical (unpaired) electrons. The van der Waals surface area contributed by atoms with Crippen molar-refractivity contribution in [3.05, 3.63) is 33.8 Å². The number of rotatable bonds is 45. The average molecular weight is 835 g/mol. The van der Waals surface area contributed by atoms with Crippen molar-refractivity contribution in [2.24, 2.45) is 0 Å². The van der Waals surface area contributed by atoms with E-state index in [-0.39, 0.29) is 18.0 Å². The van der Waals surface area contributed by atoms with E-state index in [9.17, 15) is 19.7 Å². The third-order valence-electron chi connectivity index (χ3n) is 11.2. The van der Waals surface area contributed by atoms with Gasteiger partial charge in [0, 0.05) is 26.4 Å². The first-order valence-electron chi connectivity index (χ1n) is 24.8. The normalized spacial score (nSPS) is 12.1. The first kappa shape index (κ1) is 56.4. The Morgan fingerprint density at radius 1 is 0.627 bits per heavy atom. The molecule has 10 heteroatoms. The van der Waals surface area contributed by atoms with Gasteiger partial charge in [0.25, 0.3) is 6.20 Å². The fourth-order valence-electron chi connectivity index (χ4n) is 7.49. The molecule has 0 rings (SSSR count). The van der Waals surface area contributed by atoms with Gasteiger partial charge in [-0.3, -0.25) is 19.7 Å². The molecule has 0 saturated carbocycles. The Hall–Kier alpha value is -2.62. The minimum atomic E-state index is -0.447. The fourth-order valence-corrected chi connectivity index (χ4v) is 7.49. The zero-order valence-corrected chi connectivity index (χ0v) is 39.2. The topological polar surface area (TPSA) is 123 Å². The van der Waals surface area contributed by atoms with Gasteiger partial charge in [-0.15, -0.1) is 0 Å². The van der Waals surface area contributed by atoms with Crippen LogP contribution in [0.5, 0.6) is 0 Å². The van der Waals surface area contributed by atoms with Crippen molar-refractivity contribution in [3.8, 4) is 0 Å². The van der Waals surface area contributed by atoms with Gasteiger partial charge in [-0.2, -0.15) is 0 Å². The minimum Gasteiger partial charge on any atom is -0.462 e. The fraction of sp³-hybridized carbons (Fsp3) is 0.878. The number of nitro groups is 1. The lowest BCUT2D eigenvalue weighted by Gasteiger charge is -2.22. The number of nitrogens with one attached hydrogen (secondary N) is 2. The number of hydrogen-bond acceptors (Lipinski definition) is 9. The first-order valence-corrected chi connectivity index (χ1v) is 24.8. The van der Waals surface area contributed by atoms with E-state index in [0.29, 0.717) is 31.8 Å². The van der Waals surface area contributed by atoms with Crippen LogP contribution in [0.1, 0.15) is 233 Å². The molecule has 0 aliphatic carbocycles. The Morgan fingerprint density at radius 3 is 1.61 bits per heavy atom. The highest BCUT2D eigenvalue weighted by Gasteiger charge is 2.14. The van der Waals surface area contributed by atoms with Gasteiger partial charge in [-0.1, -0.05) is 149 Å². The smallest absolute Gasteiger partial charge is 0.306 e. The maximum atomic E-state index is 12.8. The summed E-state index contributed by atoms with van der Waals surface area (Å²) >= 11 is 0. The maximum absolute atomic E-state index is 12.8. The van der Waals surface area contributed by atoms with Crippen LogP contribution >= 0.6 is 0 Å². The van der Waals surface area contributed by atoms with Gasteiger partial charge < -0.3 is 25.0 Å². The van der Waals surface area contributed by atoms with Crippen LogP contribution in [-0.2, 0) is 19.1 Å². The van der Waals surface area contributed by atoms with Gasteiger partial charge in [0.05, 0.1) is 4.92 Å². The number of esters is 2. The molecule has 2 N–H and O–H groups in total. The molecule has 10 nitrogen and oxygen atoms in total. The predicted octanol–water partition coefficient (Wildman–Crippen LogP) is 13.1. The summed E-state index contributed by atoms with van der Waals surface area (Å²) in [4.78, 5) is 38.0. The highest BCUT2D eigenvalue weighted by Crippen LogP contribution is 2.19. The molecular weight excluding hydrogens is 741 g/mol. The second kappa shape index (κ2) is 43.5. The standard InChI is InChI=1S/C49H94N4O6/c1-6-9-12-15-20-27-35-46(36-28-21-16-13-10-7-2)59-49(55)38-30-23-18-25-32-41-52(42-33-39-51-47(50-5)43-53(56)57)40-31-24-17-22-29-37-48(54)58-44-45(4)34-26-19-14-11-8-3/h34,43,46,50-51H,6-33,35-42,44H2,1-5H3/b45-34-,47-43+. The summed E-state index contributed by atoms with van der Waals surface area (Å²) in [5, 5.41) is 16.9. The molecule has 0 aromatic heterocycles. The van der Waals surface area contributed by atoms with Crippen molar-refractivity contribution in [2.75, 3.05) is 39.8 Å². The zero-order valence-electron chi connectivity index (χ0n) is 39.2. The molecule has 0 amide bonds. The number of carbonyl (C=O) groups is 2. The molecule has 0 fully saturated rings. The number of allylic oxidation sites excluding steroid dienone is 1. The lowest BCUT2D eigenvalue weighted by molar-refractivity contribution is -0.404. The largest absolute Gasteiger partial charge is 0.462 e. The predicted molar refractivity (Wildman–Crippen MR) is 248 cm³/mol. The Morgan fingerprint density at radius 2 is 1.08 bits per heavy atom. The highest BCUT2D eigenvalue weighted by atomic mass is 16.6. The molecule has 0 atom stereocenters. The number of unbranched alkanes of at least 4 members (excludes halogenated alkanes) is 22. The summed E-state index contributed by atoms with van der Waals surface area (Å²) in [6.45, 7) is 12.8. The van der Waals surface area contributed by atoms with Crippen molar-refractivity contribution in [2.45, 2.75) is 239 Å². The lowest BCUT2D eigenvalue weighted by Crippen LogP contribution is -2.31. The van der Waals surface area contributed by atoms with E-state index in [0.717, 1.165) is 134 Å². The summed E-state index contributed by atoms with van der Waals surface area (Å²) in [5.74, 6) is 0.321. The monoisotopic (exact) mass is 835 g/mol. The van der Waals surface area contributed by atoms with Crippen LogP contribution in [0.3, 0.4) is 0 Å². The molecule has 0 spiro atoms. The molecule has 59 heavy (non-hydrogen) atoms. The van der Waals surface area contributed by atoms with E-state index in [1.807, 2.05) is 6.92 Å². The van der Waals surface area contributed by atoms with Crippen LogP contribution in [-0.4, -0.2) is 67.7 Å². The van der Waals surface area contributed by atoms with Crippen LogP contribution in [0.2, 0.25) is 0 Å². The maximum Gasteiger partial charge on any atom is 0.306 e. The van der Waals surface area contributed by atoms with E-state index in [1.165, 1.54) is 89.9 Å². The van der Waals surface area contributed by atoms with Crippen molar-refractivity contribution in [1.82, 2.24) is 15.5 Å². The lowest BCUT2D eigenvalue weighted by atomic mass is 10.0. The highest BCUT2D eigenvalue weighted by molar-refractivity contribution is 5.69. The third-order valence-corrected chi connectivity index (χ3v) is 11.2. The molecule has 346 valence electrons. The quantitative estimate of drug-likeness (QED) is 0.0203. The summed E-state index contributed by atoms with van der Waals surface area (Å²) in [5.41, 5.74) is 1.14. The van der Waals surface area contributed by atoms with Crippen LogP contribution in [0.4, 0.5) is 0 Å². The molecular formula is C49H94N4O6. The Kier molecular flexibility index (Phi) is 41.5. The number of ether oxygens (including phenoxy) is 2. The van der Waals surface area contributed by atoms with Crippen LogP contribution < -0.4 is 10.6 Å². The molecule has 0 aromatic rings. The zero-order chi connectivity index (χ0) is 43.4. The van der Waals surface area contributed by atoms with Gasteiger partial charge in [0.2, 0.25) is 0 Å². The number of nitrogens with zero attached hydrogens (tertiary/aromatic N) is 2. The third kappa shape index (κ3) is 40.6. The van der Waals surface area contributed by atoms with Crippen molar-refractivity contribution >= 4 is 11.9 Å². The molecule has 0 saturated heterocycles. The molecule has 0 bridgehead atoms. The molecule has 0 heterocycles. The minimum absolute atomic E-state index is 0.00696. The SMILES string of the molecule is CCCCCC/C=C(/C)COC(=O)CCCCCCCN(CCCCCCCC(=O)OC(CCCCCCCC)CCCCCCCC)CCCN/C(=C/[N+](=O)[O-])NC. The Labute approximate surface area is 363 Å². The molecule has 0 aromatic carbocycles. The van der Waals surface area contributed by atoms with E-state index in [4.69, 9.17) is 9.47 Å².